The Bertz CT molecular complexity index is 553. The van der Waals surface area contributed by atoms with Crippen LogP contribution in [0.3, 0.4) is 0 Å². The lowest BCUT2D eigenvalue weighted by Gasteiger charge is -2.22. The van der Waals surface area contributed by atoms with E-state index in [1.165, 1.54) is 38.5 Å². The number of thiazole rings is 1. The van der Waals surface area contributed by atoms with E-state index in [0.29, 0.717) is 12.6 Å². The van der Waals surface area contributed by atoms with E-state index in [-0.39, 0.29) is 24.0 Å². The molecule has 1 heterocycles. The smallest absolute Gasteiger partial charge is 0.191 e. The van der Waals surface area contributed by atoms with Gasteiger partial charge in [-0.3, -0.25) is 0 Å². The number of hydrogen-bond acceptors (Lipinski definition) is 4. The van der Waals surface area contributed by atoms with Gasteiger partial charge in [0.25, 0.3) is 0 Å². The Hall–Kier alpha value is -0.570. The van der Waals surface area contributed by atoms with Crippen LogP contribution in [0.1, 0.15) is 51.1 Å². The van der Waals surface area contributed by atoms with Crippen molar-refractivity contribution < 1.29 is 0 Å². The van der Waals surface area contributed by atoms with Crippen LogP contribution in [0, 0.1) is 11.8 Å². The van der Waals surface area contributed by atoms with E-state index in [0.717, 1.165) is 35.2 Å². The fourth-order valence-electron chi connectivity index (χ4n) is 3.69. The number of anilines is 1. The van der Waals surface area contributed by atoms with Gasteiger partial charge in [0, 0.05) is 32.1 Å². The number of guanidine groups is 1. The zero-order valence-electron chi connectivity index (χ0n) is 15.6. The van der Waals surface area contributed by atoms with Crippen LogP contribution in [0.2, 0.25) is 0 Å². The highest BCUT2D eigenvalue weighted by Crippen LogP contribution is 2.44. The van der Waals surface area contributed by atoms with Crippen LogP contribution < -0.4 is 15.5 Å². The van der Waals surface area contributed by atoms with E-state index in [1.807, 2.05) is 19.0 Å². The lowest BCUT2D eigenvalue weighted by Crippen LogP contribution is -2.39. The number of nitrogens with one attached hydrogen (secondary N) is 2. The van der Waals surface area contributed by atoms with Crippen LogP contribution in [0.4, 0.5) is 5.13 Å². The zero-order valence-corrected chi connectivity index (χ0v) is 18.8. The summed E-state index contributed by atoms with van der Waals surface area (Å²) in [5.41, 5.74) is 1.04. The second-order valence-corrected chi connectivity index (χ2v) is 8.10. The van der Waals surface area contributed by atoms with Crippen molar-refractivity contribution >= 4 is 46.4 Å². The Kier molecular flexibility index (Phi) is 8.25. The van der Waals surface area contributed by atoms with Gasteiger partial charge in [-0.05, 0) is 25.2 Å². The molecule has 5 nitrogen and oxygen atoms in total. The highest BCUT2D eigenvalue weighted by Gasteiger charge is 2.43. The average molecular weight is 477 g/mol. The predicted octanol–water partition coefficient (Wildman–Crippen LogP) is 3.85. The Morgan fingerprint density at radius 3 is 2.72 bits per heavy atom. The Morgan fingerprint density at radius 2 is 2.08 bits per heavy atom. The summed E-state index contributed by atoms with van der Waals surface area (Å²) in [4.78, 5) is 11.4. The monoisotopic (exact) mass is 477 g/mol. The fourth-order valence-corrected chi connectivity index (χ4v) is 4.44. The summed E-state index contributed by atoms with van der Waals surface area (Å²) in [6.45, 7) is 3.66. The van der Waals surface area contributed by atoms with E-state index in [4.69, 9.17) is 4.99 Å². The lowest BCUT2D eigenvalue weighted by molar-refractivity contribution is 0.315. The van der Waals surface area contributed by atoms with Crippen LogP contribution in [0.25, 0.3) is 0 Å². The van der Waals surface area contributed by atoms with Gasteiger partial charge in [-0.15, -0.1) is 35.3 Å². The molecule has 3 rings (SSSR count). The van der Waals surface area contributed by atoms with Crippen molar-refractivity contribution in [2.24, 2.45) is 16.8 Å². The van der Waals surface area contributed by atoms with Gasteiger partial charge < -0.3 is 15.5 Å². The molecule has 0 bridgehead atoms. The lowest BCUT2D eigenvalue weighted by atomic mass is 9.85. The van der Waals surface area contributed by atoms with Crippen molar-refractivity contribution in [3.63, 3.8) is 0 Å². The number of halogens is 1. The number of aromatic nitrogens is 1. The van der Waals surface area contributed by atoms with Crippen molar-refractivity contribution in [2.45, 2.75) is 58.0 Å². The first-order valence-electron chi connectivity index (χ1n) is 9.34. The summed E-state index contributed by atoms with van der Waals surface area (Å²) >= 11 is 1.67. The Morgan fingerprint density at radius 1 is 1.32 bits per heavy atom. The van der Waals surface area contributed by atoms with E-state index >= 15 is 0 Å². The summed E-state index contributed by atoms with van der Waals surface area (Å²) < 4.78 is 0. The Balaban J connectivity index is 0.00000225. The molecule has 25 heavy (non-hydrogen) atoms. The highest BCUT2D eigenvalue weighted by atomic mass is 127. The predicted molar refractivity (Wildman–Crippen MR) is 118 cm³/mol. The maximum absolute atomic E-state index is 4.74. The molecule has 2 aliphatic carbocycles. The van der Waals surface area contributed by atoms with Gasteiger partial charge in [0.1, 0.15) is 0 Å². The normalized spacial score (nSPS) is 23.7. The standard InChI is InChI=1S/C18H31N5S.HI/c1-4-19-17(20-11-14-12-24-18(21-14)23(2)3)22-16-10-15(16)13-8-6-5-7-9-13;/h12-13,15-16H,4-11H2,1-3H3,(H2,19,20,22);1H. The van der Waals surface area contributed by atoms with Crippen LogP contribution >= 0.6 is 35.3 Å². The fraction of sp³-hybridized carbons (Fsp3) is 0.778. The molecular weight excluding hydrogens is 445 g/mol. The maximum Gasteiger partial charge on any atom is 0.191 e. The molecule has 2 unspecified atom stereocenters. The SMILES string of the molecule is CCNC(=NCc1csc(N(C)C)n1)NC1CC1C1CCCCC1.I. The van der Waals surface area contributed by atoms with Crippen LogP contribution in [0.5, 0.6) is 0 Å². The maximum atomic E-state index is 4.74. The van der Waals surface area contributed by atoms with E-state index in [1.54, 1.807) is 11.3 Å². The van der Waals surface area contributed by atoms with E-state index < -0.39 is 0 Å². The molecule has 142 valence electrons. The first kappa shape index (κ1) is 20.7. The molecule has 2 N–H and O–H groups in total. The summed E-state index contributed by atoms with van der Waals surface area (Å²) in [5.74, 6) is 2.76. The minimum absolute atomic E-state index is 0. The highest BCUT2D eigenvalue weighted by molar-refractivity contribution is 14.0. The van der Waals surface area contributed by atoms with Crippen molar-refractivity contribution in [3.05, 3.63) is 11.1 Å². The molecule has 0 spiro atoms. The second kappa shape index (κ2) is 9.94. The van der Waals surface area contributed by atoms with Gasteiger partial charge in [0.05, 0.1) is 12.2 Å². The topological polar surface area (TPSA) is 52.6 Å². The van der Waals surface area contributed by atoms with Gasteiger partial charge in [0.2, 0.25) is 0 Å². The molecule has 1 aromatic rings. The van der Waals surface area contributed by atoms with Crippen LogP contribution in [-0.4, -0.2) is 37.6 Å². The molecule has 0 saturated heterocycles. The third-order valence-electron chi connectivity index (χ3n) is 5.08. The largest absolute Gasteiger partial charge is 0.357 e. The molecule has 2 fully saturated rings. The number of hydrogen-bond donors (Lipinski definition) is 2. The molecule has 0 aliphatic heterocycles. The molecule has 0 aromatic carbocycles. The third kappa shape index (κ3) is 5.98. The van der Waals surface area contributed by atoms with Crippen LogP contribution in [0.15, 0.2) is 10.4 Å². The molecule has 2 saturated carbocycles. The van der Waals surface area contributed by atoms with Gasteiger partial charge in [-0.2, -0.15) is 0 Å². The summed E-state index contributed by atoms with van der Waals surface area (Å²) in [6, 6.07) is 0.624. The number of nitrogens with zero attached hydrogens (tertiary/aromatic N) is 3. The quantitative estimate of drug-likeness (QED) is 0.371. The minimum Gasteiger partial charge on any atom is -0.357 e. The number of rotatable bonds is 6. The average Bonchev–Trinajstić information content (AvgIpc) is 3.18. The second-order valence-electron chi connectivity index (χ2n) is 7.26. The minimum atomic E-state index is 0. The van der Waals surface area contributed by atoms with Gasteiger partial charge in [-0.25, -0.2) is 9.98 Å². The molecule has 2 atom stereocenters. The number of aliphatic imine (C=N–C) groups is 1. The van der Waals surface area contributed by atoms with E-state index in [9.17, 15) is 0 Å². The van der Waals surface area contributed by atoms with Crippen LogP contribution in [-0.2, 0) is 6.54 Å². The van der Waals surface area contributed by atoms with Crippen molar-refractivity contribution in [1.29, 1.82) is 0 Å². The molecular formula is C18H32IN5S. The third-order valence-corrected chi connectivity index (χ3v) is 6.14. The van der Waals surface area contributed by atoms with E-state index in [2.05, 4.69) is 27.9 Å². The molecule has 2 aliphatic rings. The molecule has 7 heteroatoms. The van der Waals surface area contributed by atoms with Crippen molar-refractivity contribution in [2.75, 3.05) is 25.5 Å². The summed E-state index contributed by atoms with van der Waals surface area (Å²) in [7, 11) is 4.05. The van der Waals surface area contributed by atoms with Gasteiger partial charge in [-0.1, -0.05) is 32.1 Å². The Labute approximate surface area is 173 Å². The van der Waals surface area contributed by atoms with Crippen molar-refractivity contribution in [1.82, 2.24) is 15.6 Å². The summed E-state index contributed by atoms with van der Waals surface area (Å²) in [6.07, 6.45) is 8.48. The van der Waals surface area contributed by atoms with Gasteiger partial charge >= 0.3 is 0 Å². The summed E-state index contributed by atoms with van der Waals surface area (Å²) in [5, 5.41) is 10.2. The van der Waals surface area contributed by atoms with Gasteiger partial charge in [0.15, 0.2) is 11.1 Å². The first-order chi connectivity index (χ1) is 11.7. The molecule has 1 aromatic heterocycles. The molecule has 0 amide bonds. The molecule has 0 radical (unpaired) electrons. The zero-order chi connectivity index (χ0) is 16.9. The first-order valence-corrected chi connectivity index (χ1v) is 10.2. The van der Waals surface area contributed by atoms with Crippen molar-refractivity contribution in [3.8, 4) is 0 Å².